The third-order valence-electron chi connectivity index (χ3n) is 2.97. The van der Waals surface area contributed by atoms with Gasteiger partial charge in [-0.1, -0.05) is 19.4 Å². The molecule has 6 nitrogen and oxygen atoms in total. The molecule has 0 spiro atoms. The van der Waals surface area contributed by atoms with Crippen molar-refractivity contribution in [2.75, 3.05) is 13.7 Å². The number of rotatable bonds is 8. The number of ether oxygens (including phenoxy) is 2. The maximum Gasteiger partial charge on any atom is 0.218 e. The molecular formula is C16H24N2O4. The molecule has 0 radical (unpaired) electrons. The summed E-state index contributed by atoms with van der Waals surface area (Å²) in [6.45, 7) is 5.47. The van der Waals surface area contributed by atoms with Crippen LogP contribution in [0.4, 0.5) is 0 Å². The number of benzene rings is 1. The minimum Gasteiger partial charge on any atom is -0.493 e. The first-order chi connectivity index (χ1) is 10.5. The second-order valence-corrected chi connectivity index (χ2v) is 4.95. The van der Waals surface area contributed by atoms with Crippen molar-refractivity contribution in [2.45, 2.75) is 39.8 Å². The maximum absolute atomic E-state index is 11.3. The predicted octanol–water partition coefficient (Wildman–Crippen LogP) is 2.14. The number of hydrogen-bond donors (Lipinski definition) is 2. The van der Waals surface area contributed by atoms with Crippen molar-refractivity contribution < 1.29 is 19.1 Å². The Hall–Kier alpha value is -2.24. The van der Waals surface area contributed by atoms with Gasteiger partial charge in [-0.05, 0) is 24.1 Å². The summed E-state index contributed by atoms with van der Waals surface area (Å²) < 4.78 is 11.0. The van der Waals surface area contributed by atoms with Gasteiger partial charge in [0.05, 0.1) is 13.7 Å². The van der Waals surface area contributed by atoms with Gasteiger partial charge < -0.3 is 20.1 Å². The van der Waals surface area contributed by atoms with E-state index in [2.05, 4.69) is 17.6 Å². The zero-order valence-corrected chi connectivity index (χ0v) is 13.6. The lowest BCUT2D eigenvalue weighted by atomic mass is 10.1. The highest BCUT2D eigenvalue weighted by Crippen LogP contribution is 2.30. The molecule has 0 bridgehead atoms. The normalized spacial score (nSPS) is 10.2. The maximum atomic E-state index is 11.3. The fourth-order valence-electron chi connectivity index (χ4n) is 1.92. The molecule has 0 aliphatic heterocycles. The van der Waals surface area contributed by atoms with Crippen LogP contribution in [0.1, 0.15) is 45.3 Å². The third-order valence-corrected chi connectivity index (χ3v) is 2.97. The molecule has 1 aromatic rings. The van der Waals surface area contributed by atoms with Gasteiger partial charge in [-0.3, -0.25) is 9.59 Å². The van der Waals surface area contributed by atoms with Gasteiger partial charge in [-0.25, -0.2) is 0 Å². The quantitative estimate of drug-likeness (QED) is 0.570. The van der Waals surface area contributed by atoms with Crippen molar-refractivity contribution >= 4 is 11.8 Å². The first-order valence-electron chi connectivity index (χ1n) is 7.32. The molecule has 0 aliphatic rings. The Kier molecular flexibility index (Phi) is 7.22. The van der Waals surface area contributed by atoms with E-state index in [1.165, 1.54) is 13.8 Å². The van der Waals surface area contributed by atoms with E-state index in [0.717, 1.165) is 18.4 Å². The van der Waals surface area contributed by atoms with Crippen LogP contribution in [0.15, 0.2) is 18.2 Å². The standard InChI is InChI=1S/C16H24N2O4/c1-5-6-9-22-15-10-13(7-8-14(15)21-4)16(17-11(2)19)18-12(3)20/h7-8,10,16H,5-6,9H2,1-4H3,(H,17,19)(H,18,20). The molecule has 0 saturated heterocycles. The summed E-state index contributed by atoms with van der Waals surface area (Å²) in [5.41, 5.74) is 0.720. The summed E-state index contributed by atoms with van der Waals surface area (Å²) in [5, 5.41) is 5.38. The molecule has 0 fully saturated rings. The minimum absolute atomic E-state index is 0.233. The molecule has 0 unspecified atom stereocenters. The van der Waals surface area contributed by atoms with Gasteiger partial charge in [-0.15, -0.1) is 0 Å². The topological polar surface area (TPSA) is 76.7 Å². The van der Waals surface area contributed by atoms with Crippen molar-refractivity contribution in [3.8, 4) is 11.5 Å². The monoisotopic (exact) mass is 308 g/mol. The summed E-state index contributed by atoms with van der Waals surface area (Å²) in [6, 6.07) is 5.31. The Morgan fingerprint density at radius 3 is 2.27 bits per heavy atom. The average Bonchev–Trinajstić information content (AvgIpc) is 2.45. The molecule has 0 atom stereocenters. The summed E-state index contributed by atoms with van der Waals surface area (Å²) >= 11 is 0. The lowest BCUT2D eigenvalue weighted by molar-refractivity contribution is -0.122. The van der Waals surface area contributed by atoms with Crippen LogP contribution >= 0.6 is 0 Å². The summed E-state index contributed by atoms with van der Waals surface area (Å²) in [5.74, 6) is 0.740. The van der Waals surface area contributed by atoms with Crippen LogP contribution in [0.3, 0.4) is 0 Å². The van der Waals surface area contributed by atoms with E-state index in [-0.39, 0.29) is 11.8 Å². The van der Waals surface area contributed by atoms with Gasteiger partial charge in [0.15, 0.2) is 11.5 Å². The number of nitrogens with one attached hydrogen (secondary N) is 2. The van der Waals surface area contributed by atoms with Crippen LogP contribution < -0.4 is 20.1 Å². The van der Waals surface area contributed by atoms with E-state index in [4.69, 9.17) is 9.47 Å². The van der Waals surface area contributed by atoms with Gasteiger partial charge in [0, 0.05) is 13.8 Å². The smallest absolute Gasteiger partial charge is 0.218 e. The van der Waals surface area contributed by atoms with Crippen LogP contribution in [-0.2, 0) is 9.59 Å². The van der Waals surface area contributed by atoms with Crippen LogP contribution in [0.2, 0.25) is 0 Å². The van der Waals surface area contributed by atoms with Gasteiger partial charge in [0.2, 0.25) is 11.8 Å². The second kappa shape index (κ2) is 8.92. The first kappa shape index (κ1) is 17.8. The van der Waals surface area contributed by atoms with Crippen LogP contribution in [0, 0.1) is 0 Å². The number of carbonyl (C=O) groups excluding carboxylic acids is 2. The molecule has 0 saturated carbocycles. The zero-order chi connectivity index (χ0) is 16.5. The molecule has 1 aromatic carbocycles. The summed E-state index contributed by atoms with van der Waals surface area (Å²) in [6.07, 6.45) is 1.37. The fourth-order valence-corrected chi connectivity index (χ4v) is 1.92. The highest BCUT2D eigenvalue weighted by atomic mass is 16.5. The highest BCUT2D eigenvalue weighted by Gasteiger charge is 2.16. The third kappa shape index (κ3) is 5.63. The molecule has 22 heavy (non-hydrogen) atoms. The fraction of sp³-hybridized carbons (Fsp3) is 0.500. The van der Waals surface area contributed by atoms with E-state index in [9.17, 15) is 9.59 Å². The number of hydrogen-bond acceptors (Lipinski definition) is 4. The van der Waals surface area contributed by atoms with E-state index in [1.54, 1.807) is 25.3 Å². The SMILES string of the molecule is CCCCOc1cc(C(NC(C)=O)NC(C)=O)ccc1OC. The largest absolute Gasteiger partial charge is 0.493 e. The highest BCUT2D eigenvalue weighted by molar-refractivity contribution is 5.76. The Balaban J connectivity index is 3.01. The number of amides is 2. The Morgan fingerprint density at radius 2 is 1.77 bits per heavy atom. The molecule has 2 amide bonds. The Bertz CT molecular complexity index is 501. The van der Waals surface area contributed by atoms with Crippen LogP contribution in [0.25, 0.3) is 0 Å². The summed E-state index contributed by atoms with van der Waals surface area (Å²) in [7, 11) is 1.57. The molecule has 122 valence electrons. The number of carbonyl (C=O) groups is 2. The summed E-state index contributed by atoms with van der Waals surface area (Å²) in [4.78, 5) is 22.6. The van der Waals surface area contributed by atoms with Crippen molar-refractivity contribution in [1.82, 2.24) is 10.6 Å². The Morgan fingerprint density at radius 1 is 1.14 bits per heavy atom. The molecule has 0 heterocycles. The average molecular weight is 308 g/mol. The van der Waals surface area contributed by atoms with Crippen LogP contribution in [0.5, 0.6) is 11.5 Å². The van der Waals surface area contributed by atoms with Crippen molar-refractivity contribution in [2.24, 2.45) is 0 Å². The van der Waals surface area contributed by atoms with Gasteiger partial charge in [0.25, 0.3) is 0 Å². The van der Waals surface area contributed by atoms with E-state index in [0.29, 0.717) is 18.1 Å². The lowest BCUT2D eigenvalue weighted by Gasteiger charge is -2.20. The minimum atomic E-state index is -0.602. The first-order valence-corrected chi connectivity index (χ1v) is 7.32. The lowest BCUT2D eigenvalue weighted by Crippen LogP contribution is -2.39. The van der Waals surface area contributed by atoms with Crippen molar-refractivity contribution in [3.05, 3.63) is 23.8 Å². The molecule has 6 heteroatoms. The van der Waals surface area contributed by atoms with Crippen molar-refractivity contribution in [3.63, 3.8) is 0 Å². The molecule has 2 N–H and O–H groups in total. The van der Waals surface area contributed by atoms with Gasteiger partial charge in [0.1, 0.15) is 6.17 Å². The zero-order valence-electron chi connectivity index (χ0n) is 13.6. The van der Waals surface area contributed by atoms with Crippen LogP contribution in [-0.4, -0.2) is 25.5 Å². The second-order valence-electron chi connectivity index (χ2n) is 4.95. The number of methoxy groups -OCH3 is 1. The molecule has 1 rings (SSSR count). The van der Waals surface area contributed by atoms with E-state index >= 15 is 0 Å². The van der Waals surface area contributed by atoms with Gasteiger partial charge in [-0.2, -0.15) is 0 Å². The van der Waals surface area contributed by atoms with E-state index < -0.39 is 6.17 Å². The number of unbranched alkanes of at least 4 members (excludes halogenated alkanes) is 1. The van der Waals surface area contributed by atoms with Crippen molar-refractivity contribution in [1.29, 1.82) is 0 Å². The molecule has 0 aromatic heterocycles. The predicted molar refractivity (Wildman–Crippen MR) is 83.8 cm³/mol. The molecule has 0 aliphatic carbocycles. The molecular weight excluding hydrogens is 284 g/mol. The van der Waals surface area contributed by atoms with Gasteiger partial charge >= 0.3 is 0 Å². The Labute approximate surface area is 131 Å². The van der Waals surface area contributed by atoms with E-state index in [1.807, 2.05) is 0 Å².